The van der Waals surface area contributed by atoms with Crippen LogP contribution in [0.2, 0.25) is 0 Å². The topological polar surface area (TPSA) is 84.3 Å². The predicted molar refractivity (Wildman–Crippen MR) is 103 cm³/mol. The molecule has 0 radical (unpaired) electrons. The minimum absolute atomic E-state index is 0.0633. The summed E-state index contributed by atoms with van der Waals surface area (Å²) in [6, 6.07) is 6.06. The summed E-state index contributed by atoms with van der Waals surface area (Å²) >= 11 is 0. The lowest BCUT2D eigenvalue weighted by Gasteiger charge is -2.17. The largest absolute Gasteiger partial charge is 0.338 e. The lowest BCUT2D eigenvalue weighted by atomic mass is 10.0. The summed E-state index contributed by atoms with van der Waals surface area (Å²) in [6.07, 6.45) is 7.21. The molecule has 1 aromatic heterocycles. The zero-order valence-corrected chi connectivity index (χ0v) is 16.2. The molecule has 7 nitrogen and oxygen atoms in total. The van der Waals surface area contributed by atoms with Crippen LogP contribution in [0.4, 0.5) is 0 Å². The molecule has 27 heavy (non-hydrogen) atoms. The molecular formula is C19H24N4O3S. The summed E-state index contributed by atoms with van der Waals surface area (Å²) in [4.78, 5) is 14.7. The fraction of sp³-hybridized carbons (Fsp3) is 0.368. The lowest BCUT2D eigenvalue weighted by Crippen LogP contribution is -2.29. The van der Waals surface area contributed by atoms with Gasteiger partial charge in [-0.25, -0.2) is 13.1 Å². The third-order valence-corrected chi connectivity index (χ3v) is 6.12. The summed E-state index contributed by atoms with van der Waals surface area (Å²) in [5, 5.41) is 4.18. The van der Waals surface area contributed by atoms with Crippen LogP contribution in [0.5, 0.6) is 0 Å². The van der Waals surface area contributed by atoms with E-state index in [2.05, 4.69) is 16.4 Å². The number of sulfonamides is 1. The van der Waals surface area contributed by atoms with Crippen LogP contribution in [0.3, 0.4) is 0 Å². The fourth-order valence-corrected chi connectivity index (χ4v) is 4.30. The Labute approximate surface area is 159 Å². The highest BCUT2D eigenvalue weighted by atomic mass is 32.2. The van der Waals surface area contributed by atoms with Gasteiger partial charge < -0.3 is 4.90 Å². The van der Waals surface area contributed by atoms with E-state index in [4.69, 9.17) is 0 Å². The van der Waals surface area contributed by atoms with Gasteiger partial charge in [0.2, 0.25) is 10.0 Å². The van der Waals surface area contributed by atoms with E-state index < -0.39 is 10.0 Å². The van der Waals surface area contributed by atoms with E-state index in [1.54, 1.807) is 16.8 Å². The van der Waals surface area contributed by atoms with Gasteiger partial charge in [-0.3, -0.25) is 9.48 Å². The molecule has 1 N–H and O–H groups in total. The Balaban J connectivity index is 1.62. The van der Waals surface area contributed by atoms with Crippen molar-refractivity contribution in [1.82, 2.24) is 19.4 Å². The van der Waals surface area contributed by atoms with E-state index in [-0.39, 0.29) is 17.3 Å². The monoisotopic (exact) mass is 388 g/mol. The fourth-order valence-electron chi connectivity index (χ4n) is 3.31. The van der Waals surface area contributed by atoms with Crippen molar-refractivity contribution in [3.8, 4) is 0 Å². The predicted octanol–water partition coefficient (Wildman–Crippen LogP) is 1.59. The van der Waals surface area contributed by atoms with Crippen LogP contribution in [0, 0.1) is 5.92 Å². The van der Waals surface area contributed by atoms with Crippen LogP contribution < -0.4 is 4.72 Å². The Bertz CT molecular complexity index is 919. The highest BCUT2D eigenvalue weighted by molar-refractivity contribution is 7.89. The molecule has 0 saturated carbocycles. The number of nitrogens with zero attached hydrogens (tertiary/aromatic N) is 3. The van der Waals surface area contributed by atoms with E-state index >= 15 is 0 Å². The molecular weight excluding hydrogens is 364 g/mol. The zero-order chi connectivity index (χ0) is 19.4. The summed E-state index contributed by atoms with van der Waals surface area (Å²) in [5.41, 5.74) is 1.68. The SMILES string of the molecule is C=CCNS(=O)(=O)c1ccc(C(=O)N2CCC(Cc3cnn(C)c3)C2)cc1. The Hall–Kier alpha value is -2.45. The van der Waals surface area contributed by atoms with Gasteiger partial charge in [0.25, 0.3) is 5.91 Å². The first-order chi connectivity index (χ1) is 12.9. The first-order valence-corrected chi connectivity index (χ1v) is 10.3. The second-order valence-electron chi connectivity index (χ2n) is 6.80. The van der Waals surface area contributed by atoms with Crippen LogP contribution in [0.25, 0.3) is 0 Å². The maximum absolute atomic E-state index is 12.7. The van der Waals surface area contributed by atoms with Gasteiger partial charge in [0.05, 0.1) is 11.1 Å². The maximum atomic E-state index is 12.7. The number of carbonyl (C=O) groups excluding carboxylic acids is 1. The summed E-state index contributed by atoms with van der Waals surface area (Å²) < 4.78 is 28.4. The molecule has 1 amide bonds. The van der Waals surface area contributed by atoms with Gasteiger partial charge in [-0.1, -0.05) is 6.08 Å². The van der Waals surface area contributed by atoms with E-state index in [0.717, 1.165) is 12.8 Å². The van der Waals surface area contributed by atoms with Crippen LogP contribution in [0.15, 0.2) is 54.2 Å². The smallest absolute Gasteiger partial charge is 0.253 e. The molecule has 144 valence electrons. The Morgan fingerprint density at radius 3 is 2.74 bits per heavy atom. The third kappa shape index (κ3) is 4.64. The Kier molecular flexibility index (Phi) is 5.76. The average molecular weight is 388 g/mol. The van der Waals surface area contributed by atoms with E-state index in [1.807, 2.05) is 24.3 Å². The van der Waals surface area contributed by atoms with Gasteiger partial charge in [0.1, 0.15) is 0 Å². The number of aromatic nitrogens is 2. The molecule has 3 rings (SSSR count). The highest BCUT2D eigenvalue weighted by Crippen LogP contribution is 2.23. The molecule has 1 aliphatic heterocycles. The first-order valence-electron chi connectivity index (χ1n) is 8.86. The van der Waals surface area contributed by atoms with Crippen LogP contribution in [0.1, 0.15) is 22.3 Å². The molecule has 1 saturated heterocycles. The van der Waals surface area contributed by atoms with Gasteiger partial charge >= 0.3 is 0 Å². The van der Waals surface area contributed by atoms with Gasteiger partial charge in [0.15, 0.2) is 0 Å². The molecule has 0 aliphatic carbocycles. The first kappa shape index (κ1) is 19.3. The van der Waals surface area contributed by atoms with Crippen LogP contribution >= 0.6 is 0 Å². The number of hydrogen-bond acceptors (Lipinski definition) is 4. The molecule has 0 bridgehead atoms. The molecule has 8 heteroatoms. The minimum Gasteiger partial charge on any atom is -0.338 e. The van der Waals surface area contributed by atoms with E-state index in [9.17, 15) is 13.2 Å². The Morgan fingerprint density at radius 2 is 2.11 bits per heavy atom. The average Bonchev–Trinajstić information content (AvgIpc) is 3.29. The van der Waals surface area contributed by atoms with Crippen molar-refractivity contribution in [2.24, 2.45) is 13.0 Å². The molecule has 2 heterocycles. The van der Waals surface area contributed by atoms with Gasteiger partial charge in [-0.05, 0) is 48.6 Å². The second kappa shape index (κ2) is 8.06. The quantitative estimate of drug-likeness (QED) is 0.730. The molecule has 2 aromatic rings. The van der Waals surface area contributed by atoms with Crippen molar-refractivity contribution in [2.45, 2.75) is 17.7 Å². The summed E-state index contributed by atoms with van der Waals surface area (Å²) in [6.45, 7) is 5.07. The number of amides is 1. The molecule has 1 aliphatic rings. The lowest BCUT2D eigenvalue weighted by molar-refractivity contribution is 0.0787. The van der Waals surface area contributed by atoms with Crippen molar-refractivity contribution < 1.29 is 13.2 Å². The minimum atomic E-state index is -3.58. The third-order valence-electron chi connectivity index (χ3n) is 4.69. The number of benzene rings is 1. The molecule has 1 aromatic carbocycles. The number of rotatable bonds is 7. The normalized spacial score (nSPS) is 17.2. The van der Waals surface area contributed by atoms with Crippen molar-refractivity contribution in [1.29, 1.82) is 0 Å². The van der Waals surface area contributed by atoms with Crippen LogP contribution in [-0.4, -0.2) is 48.6 Å². The zero-order valence-electron chi connectivity index (χ0n) is 15.3. The molecule has 1 unspecified atom stereocenters. The standard InChI is InChI=1S/C19H24N4O3S/c1-3-9-21-27(25,26)18-6-4-17(5-7-18)19(24)23-10-8-15(14-23)11-16-12-20-22(2)13-16/h3-7,12-13,15,21H,1,8-11,14H2,2H3. The molecule has 1 atom stereocenters. The van der Waals surface area contributed by atoms with Crippen molar-refractivity contribution in [3.63, 3.8) is 0 Å². The van der Waals surface area contributed by atoms with Gasteiger partial charge in [-0.2, -0.15) is 5.10 Å². The Morgan fingerprint density at radius 1 is 1.37 bits per heavy atom. The summed E-state index contributed by atoms with van der Waals surface area (Å²) in [5.74, 6) is 0.354. The maximum Gasteiger partial charge on any atom is 0.253 e. The van der Waals surface area contributed by atoms with Gasteiger partial charge in [0, 0.05) is 38.4 Å². The summed E-state index contributed by atoms with van der Waals surface area (Å²) in [7, 11) is -1.69. The van der Waals surface area contributed by atoms with Crippen LogP contribution in [-0.2, 0) is 23.5 Å². The number of carbonyl (C=O) groups is 1. The number of aryl methyl sites for hydroxylation is 1. The molecule has 0 spiro atoms. The second-order valence-corrected chi connectivity index (χ2v) is 8.56. The van der Waals surface area contributed by atoms with E-state index in [0.29, 0.717) is 24.6 Å². The van der Waals surface area contributed by atoms with Crippen molar-refractivity contribution >= 4 is 15.9 Å². The van der Waals surface area contributed by atoms with Crippen molar-refractivity contribution in [2.75, 3.05) is 19.6 Å². The van der Waals surface area contributed by atoms with Crippen molar-refractivity contribution in [3.05, 3.63) is 60.4 Å². The molecule has 1 fully saturated rings. The number of nitrogens with one attached hydrogen (secondary N) is 1. The number of hydrogen-bond donors (Lipinski definition) is 1. The highest BCUT2D eigenvalue weighted by Gasteiger charge is 2.27. The van der Waals surface area contributed by atoms with E-state index in [1.165, 1.54) is 23.8 Å². The number of likely N-dealkylation sites (tertiary alicyclic amines) is 1. The van der Waals surface area contributed by atoms with Gasteiger partial charge in [-0.15, -0.1) is 6.58 Å².